The second-order valence-electron chi connectivity index (χ2n) is 2.58. The molecule has 1 rings (SSSR count). The number of nitrogens with two attached hydrogens (primary N) is 1. The predicted molar refractivity (Wildman–Crippen MR) is 46.5 cm³/mol. The van der Waals surface area contributed by atoms with Crippen LogP contribution in [0.2, 0.25) is 0 Å². The van der Waals surface area contributed by atoms with E-state index in [-0.39, 0.29) is 16.8 Å². The summed E-state index contributed by atoms with van der Waals surface area (Å²) in [6.07, 6.45) is 0. The van der Waals surface area contributed by atoms with Gasteiger partial charge in [-0.15, -0.1) is 0 Å². The SMILES string of the molecule is COC(=O)c1ccc(C(=O)[O-])c(N)c1. The number of esters is 1. The second-order valence-corrected chi connectivity index (χ2v) is 2.58. The van der Waals surface area contributed by atoms with Gasteiger partial charge in [0.1, 0.15) is 0 Å². The van der Waals surface area contributed by atoms with E-state index in [1.807, 2.05) is 0 Å². The second kappa shape index (κ2) is 3.78. The van der Waals surface area contributed by atoms with Crippen LogP contribution in [0.5, 0.6) is 0 Å². The average Bonchev–Trinajstić information content (AvgIpc) is 2.15. The molecule has 14 heavy (non-hydrogen) atoms. The van der Waals surface area contributed by atoms with Crippen molar-refractivity contribution in [2.75, 3.05) is 12.8 Å². The van der Waals surface area contributed by atoms with Gasteiger partial charge in [-0.2, -0.15) is 0 Å². The average molecular weight is 194 g/mol. The molecule has 0 aliphatic heterocycles. The predicted octanol–water partition coefficient (Wildman–Crippen LogP) is -0.581. The summed E-state index contributed by atoms with van der Waals surface area (Å²) in [4.78, 5) is 21.5. The number of carbonyl (C=O) groups is 2. The number of rotatable bonds is 2. The Hall–Kier alpha value is -2.04. The Labute approximate surface area is 80.1 Å². The number of anilines is 1. The molecule has 1 aromatic rings. The zero-order chi connectivity index (χ0) is 10.7. The summed E-state index contributed by atoms with van der Waals surface area (Å²) in [6.45, 7) is 0. The van der Waals surface area contributed by atoms with Crippen LogP contribution < -0.4 is 10.8 Å². The van der Waals surface area contributed by atoms with Crippen molar-refractivity contribution in [1.29, 1.82) is 0 Å². The first-order valence-corrected chi connectivity index (χ1v) is 3.75. The third kappa shape index (κ3) is 1.82. The van der Waals surface area contributed by atoms with Crippen LogP contribution in [-0.2, 0) is 4.74 Å². The summed E-state index contributed by atoms with van der Waals surface area (Å²) in [5, 5.41) is 10.5. The van der Waals surface area contributed by atoms with Crippen molar-refractivity contribution in [2.24, 2.45) is 0 Å². The summed E-state index contributed by atoms with van der Waals surface area (Å²) in [6, 6.07) is 3.75. The Morgan fingerprint density at radius 2 is 2.07 bits per heavy atom. The molecule has 0 unspecified atom stereocenters. The number of carboxylic acid groups (broad SMARTS) is 1. The summed E-state index contributed by atoms with van der Waals surface area (Å²) in [5.74, 6) is -1.94. The number of aromatic carboxylic acids is 1. The standard InChI is InChI=1S/C9H9NO4/c1-14-9(13)5-2-3-6(8(11)12)7(10)4-5/h2-4H,10H2,1H3,(H,11,12)/p-1. The molecule has 0 aliphatic carbocycles. The monoisotopic (exact) mass is 194 g/mol. The first-order valence-electron chi connectivity index (χ1n) is 3.75. The Balaban J connectivity index is 3.12. The molecule has 0 fully saturated rings. The van der Waals surface area contributed by atoms with Gasteiger partial charge in [-0.05, 0) is 12.1 Å². The van der Waals surface area contributed by atoms with E-state index in [1.54, 1.807) is 0 Å². The molecule has 0 aromatic heterocycles. The fraction of sp³-hybridized carbons (Fsp3) is 0.111. The summed E-state index contributed by atoms with van der Waals surface area (Å²) >= 11 is 0. The zero-order valence-electron chi connectivity index (χ0n) is 7.44. The third-order valence-electron chi connectivity index (χ3n) is 1.69. The van der Waals surface area contributed by atoms with Gasteiger partial charge < -0.3 is 20.4 Å². The van der Waals surface area contributed by atoms with E-state index in [0.29, 0.717) is 0 Å². The van der Waals surface area contributed by atoms with Gasteiger partial charge in [-0.3, -0.25) is 0 Å². The van der Waals surface area contributed by atoms with Crippen LogP contribution in [0.1, 0.15) is 20.7 Å². The highest BCUT2D eigenvalue weighted by Gasteiger charge is 2.07. The molecule has 0 amide bonds. The lowest BCUT2D eigenvalue weighted by atomic mass is 10.1. The van der Waals surface area contributed by atoms with Crippen LogP contribution in [0.3, 0.4) is 0 Å². The molecule has 0 bridgehead atoms. The van der Waals surface area contributed by atoms with Crippen molar-refractivity contribution < 1.29 is 19.4 Å². The number of benzene rings is 1. The molecule has 0 aliphatic rings. The summed E-state index contributed by atoms with van der Waals surface area (Å²) in [7, 11) is 1.23. The van der Waals surface area contributed by atoms with Crippen LogP contribution in [0.4, 0.5) is 5.69 Å². The number of carboxylic acids is 1. The van der Waals surface area contributed by atoms with Crippen LogP contribution >= 0.6 is 0 Å². The number of hydrogen-bond acceptors (Lipinski definition) is 5. The highest BCUT2D eigenvalue weighted by molar-refractivity contribution is 5.96. The van der Waals surface area contributed by atoms with Crippen molar-refractivity contribution in [3.05, 3.63) is 29.3 Å². The number of ether oxygens (including phenoxy) is 1. The quantitative estimate of drug-likeness (QED) is 0.502. The van der Waals surface area contributed by atoms with Crippen LogP contribution in [-0.4, -0.2) is 19.0 Å². The minimum atomic E-state index is -1.38. The first kappa shape index (κ1) is 10.0. The largest absolute Gasteiger partial charge is 0.545 e. The fourth-order valence-electron chi connectivity index (χ4n) is 0.993. The van der Waals surface area contributed by atoms with E-state index in [9.17, 15) is 14.7 Å². The Morgan fingerprint density at radius 1 is 1.43 bits per heavy atom. The fourth-order valence-corrected chi connectivity index (χ4v) is 0.993. The van der Waals surface area contributed by atoms with E-state index >= 15 is 0 Å². The van der Waals surface area contributed by atoms with E-state index < -0.39 is 11.9 Å². The molecule has 0 heterocycles. The minimum Gasteiger partial charge on any atom is -0.545 e. The normalized spacial score (nSPS) is 9.50. The first-order chi connectivity index (χ1) is 6.56. The van der Waals surface area contributed by atoms with Crippen molar-refractivity contribution in [3.63, 3.8) is 0 Å². The van der Waals surface area contributed by atoms with E-state index in [0.717, 1.165) is 0 Å². The Kier molecular flexibility index (Phi) is 2.71. The molecule has 5 nitrogen and oxygen atoms in total. The lowest BCUT2D eigenvalue weighted by Gasteiger charge is -2.07. The van der Waals surface area contributed by atoms with Crippen molar-refractivity contribution >= 4 is 17.6 Å². The molecule has 74 valence electrons. The highest BCUT2D eigenvalue weighted by Crippen LogP contribution is 2.14. The van der Waals surface area contributed by atoms with E-state index in [4.69, 9.17) is 5.73 Å². The number of methoxy groups -OCH3 is 1. The molecular weight excluding hydrogens is 186 g/mol. The summed E-state index contributed by atoms with van der Waals surface area (Å²) < 4.78 is 4.43. The van der Waals surface area contributed by atoms with Crippen molar-refractivity contribution in [2.45, 2.75) is 0 Å². The van der Waals surface area contributed by atoms with Gasteiger partial charge in [0, 0.05) is 11.3 Å². The van der Waals surface area contributed by atoms with Crippen LogP contribution in [0, 0.1) is 0 Å². The Bertz CT molecular complexity index is 386. The van der Waals surface area contributed by atoms with Gasteiger partial charge >= 0.3 is 5.97 Å². The maximum atomic E-state index is 11.0. The van der Waals surface area contributed by atoms with Gasteiger partial charge in [0.2, 0.25) is 0 Å². The zero-order valence-corrected chi connectivity index (χ0v) is 7.44. The van der Waals surface area contributed by atoms with Crippen LogP contribution in [0.25, 0.3) is 0 Å². The van der Waals surface area contributed by atoms with Crippen LogP contribution in [0.15, 0.2) is 18.2 Å². The van der Waals surface area contributed by atoms with E-state index in [2.05, 4.69) is 4.74 Å². The maximum Gasteiger partial charge on any atom is 0.337 e. The molecule has 0 radical (unpaired) electrons. The van der Waals surface area contributed by atoms with Gasteiger partial charge in [0.25, 0.3) is 0 Å². The van der Waals surface area contributed by atoms with Gasteiger partial charge in [-0.1, -0.05) is 6.07 Å². The smallest absolute Gasteiger partial charge is 0.337 e. The minimum absolute atomic E-state index is 0.0205. The Morgan fingerprint density at radius 3 is 2.50 bits per heavy atom. The third-order valence-corrected chi connectivity index (χ3v) is 1.69. The van der Waals surface area contributed by atoms with Crippen molar-refractivity contribution in [1.82, 2.24) is 0 Å². The molecule has 0 saturated heterocycles. The molecule has 0 saturated carbocycles. The molecule has 0 spiro atoms. The highest BCUT2D eigenvalue weighted by atomic mass is 16.5. The topological polar surface area (TPSA) is 92.5 Å². The molecular formula is C9H8NO4-. The number of nitrogen functional groups attached to an aromatic ring is 1. The number of carbonyl (C=O) groups excluding carboxylic acids is 2. The molecule has 0 atom stereocenters. The molecule has 1 aromatic carbocycles. The van der Waals surface area contributed by atoms with Crippen molar-refractivity contribution in [3.8, 4) is 0 Å². The van der Waals surface area contributed by atoms with Gasteiger partial charge in [0.15, 0.2) is 0 Å². The number of hydrogen-bond donors (Lipinski definition) is 1. The molecule has 5 heteroatoms. The molecule has 2 N–H and O–H groups in total. The van der Waals surface area contributed by atoms with E-state index in [1.165, 1.54) is 25.3 Å². The summed E-state index contributed by atoms with van der Waals surface area (Å²) in [5.41, 5.74) is 5.43. The lowest BCUT2D eigenvalue weighted by Crippen LogP contribution is -2.23. The maximum absolute atomic E-state index is 11.0. The van der Waals surface area contributed by atoms with Gasteiger partial charge in [0.05, 0.1) is 18.6 Å². The lowest BCUT2D eigenvalue weighted by molar-refractivity contribution is -0.254. The van der Waals surface area contributed by atoms with Gasteiger partial charge in [-0.25, -0.2) is 4.79 Å².